The molecule has 0 bridgehead atoms. The van der Waals surface area contributed by atoms with E-state index < -0.39 is 0 Å². The average molecular weight is 341 g/mol. The summed E-state index contributed by atoms with van der Waals surface area (Å²) < 4.78 is 4.85. The van der Waals surface area contributed by atoms with Crippen LogP contribution >= 0.6 is 0 Å². The molecule has 1 aliphatic heterocycles. The predicted octanol–water partition coefficient (Wildman–Crippen LogP) is 3.74. The molecule has 1 atom stereocenters. The normalized spacial score (nSPS) is 19.3. The minimum absolute atomic E-state index is 0.0961. The maximum atomic E-state index is 12.5. The number of ether oxygens (including phenoxy) is 1. The molecule has 0 radical (unpaired) electrons. The van der Waals surface area contributed by atoms with E-state index in [2.05, 4.69) is 30.3 Å². The van der Waals surface area contributed by atoms with Crippen molar-refractivity contribution in [3.63, 3.8) is 0 Å². The van der Waals surface area contributed by atoms with Gasteiger partial charge in [-0.2, -0.15) is 0 Å². The van der Waals surface area contributed by atoms with Crippen LogP contribution in [0.2, 0.25) is 0 Å². The van der Waals surface area contributed by atoms with Crippen molar-refractivity contribution in [1.82, 2.24) is 4.90 Å². The van der Waals surface area contributed by atoms with Crippen molar-refractivity contribution in [3.8, 4) is 0 Å². The van der Waals surface area contributed by atoms with Gasteiger partial charge in [0.1, 0.15) is 6.04 Å². The number of methoxy groups -OCH3 is 1. The monoisotopic (exact) mass is 341 g/mol. The summed E-state index contributed by atoms with van der Waals surface area (Å²) in [6.45, 7) is 0.680. The van der Waals surface area contributed by atoms with Gasteiger partial charge in [-0.1, -0.05) is 35.9 Å². The highest BCUT2D eigenvalue weighted by Crippen LogP contribution is 2.28. The van der Waals surface area contributed by atoms with Crippen LogP contribution in [0.5, 0.6) is 0 Å². The maximum absolute atomic E-state index is 12.5. The lowest BCUT2D eigenvalue weighted by Gasteiger charge is -2.33. The van der Waals surface area contributed by atoms with Gasteiger partial charge >= 0.3 is 5.97 Å². The Balaban J connectivity index is 1.43. The van der Waals surface area contributed by atoms with Crippen LogP contribution in [0.15, 0.2) is 29.8 Å². The number of carbonyl (C=O) groups is 2. The van der Waals surface area contributed by atoms with E-state index in [1.807, 2.05) is 0 Å². The van der Waals surface area contributed by atoms with E-state index in [4.69, 9.17) is 4.74 Å². The fraction of sp³-hybridized carbons (Fsp3) is 0.524. The third kappa shape index (κ3) is 4.30. The van der Waals surface area contributed by atoms with Crippen molar-refractivity contribution in [2.75, 3.05) is 13.7 Å². The Morgan fingerprint density at radius 1 is 1.20 bits per heavy atom. The molecule has 0 aromatic heterocycles. The first-order chi connectivity index (χ1) is 12.2. The summed E-state index contributed by atoms with van der Waals surface area (Å²) in [7, 11) is 1.40. The number of nitrogens with zero attached hydrogens (tertiary/aromatic N) is 1. The maximum Gasteiger partial charge on any atom is 0.328 e. The zero-order chi connectivity index (χ0) is 17.6. The molecule has 25 heavy (non-hydrogen) atoms. The first-order valence-electron chi connectivity index (χ1n) is 9.33. The number of unbranched alkanes of at least 4 members (excludes halogenated alkanes) is 1. The lowest BCUT2D eigenvalue weighted by Crippen LogP contribution is -2.48. The summed E-state index contributed by atoms with van der Waals surface area (Å²) in [5.41, 5.74) is 4.20. The fourth-order valence-corrected chi connectivity index (χ4v) is 3.90. The van der Waals surface area contributed by atoms with E-state index in [0.717, 1.165) is 44.9 Å². The second-order valence-corrected chi connectivity index (χ2v) is 7.01. The average Bonchev–Trinajstić information content (AvgIpc) is 3.07. The quantitative estimate of drug-likeness (QED) is 0.585. The number of hydrogen-bond donors (Lipinski definition) is 0. The van der Waals surface area contributed by atoms with Gasteiger partial charge in [-0.15, -0.1) is 0 Å². The van der Waals surface area contributed by atoms with Crippen molar-refractivity contribution < 1.29 is 14.3 Å². The first-order valence-corrected chi connectivity index (χ1v) is 9.33. The number of hydrogen-bond acceptors (Lipinski definition) is 3. The minimum atomic E-state index is -0.377. The van der Waals surface area contributed by atoms with Crippen LogP contribution in [0.4, 0.5) is 0 Å². The standard InChI is InChI=1S/C21H27NO3/c1-25-21(24)19-11-6-7-13-22(19)20(23)12-5-2-8-16-14-17-9-3-4-10-18(17)15-16/h3-4,9-10,14,19H,2,5-8,11-13,15H2,1H3. The van der Waals surface area contributed by atoms with Crippen molar-refractivity contribution >= 4 is 18.0 Å². The molecular formula is C21H27NO3. The Kier molecular flexibility index (Phi) is 5.90. The van der Waals surface area contributed by atoms with E-state index in [9.17, 15) is 9.59 Å². The summed E-state index contributed by atoms with van der Waals surface area (Å²) in [6.07, 6.45) is 9.47. The summed E-state index contributed by atoms with van der Waals surface area (Å²) in [4.78, 5) is 26.1. The number of rotatable bonds is 6. The lowest BCUT2D eigenvalue weighted by molar-refractivity contribution is -0.154. The van der Waals surface area contributed by atoms with Crippen LogP contribution in [0.3, 0.4) is 0 Å². The van der Waals surface area contributed by atoms with Crippen LogP contribution in [0, 0.1) is 0 Å². The molecule has 1 aliphatic carbocycles. The molecule has 4 heteroatoms. The highest BCUT2D eigenvalue weighted by atomic mass is 16.5. The zero-order valence-electron chi connectivity index (χ0n) is 15.0. The number of piperidine rings is 1. The Hall–Kier alpha value is -2.10. The summed E-state index contributed by atoms with van der Waals surface area (Å²) in [5.74, 6) is -0.180. The van der Waals surface area contributed by atoms with Crippen LogP contribution in [-0.2, 0) is 20.7 Å². The molecule has 2 aliphatic rings. The van der Waals surface area contributed by atoms with Gasteiger partial charge in [-0.05, 0) is 56.1 Å². The Labute approximate surface area is 149 Å². The van der Waals surface area contributed by atoms with Gasteiger partial charge in [0, 0.05) is 13.0 Å². The van der Waals surface area contributed by atoms with Crippen LogP contribution in [-0.4, -0.2) is 36.5 Å². The summed E-state index contributed by atoms with van der Waals surface area (Å²) >= 11 is 0. The van der Waals surface area contributed by atoms with Gasteiger partial charge in [0.05, 0.1) is 7.11 Å². The SMILES string of the molecule is COC(=O)C1CCCCN1C(=O)CCCCC1=Cc2ccccc2C1. The van der Waals surface area contributed by atoms with E-state index in [1.165, 1.54) is 23.8 Å². The number of allylic oxidation sites excluding steroid dienone is 1. The molecule has 134 valence electrons. The summed E-state index contributed by atoms with van der Waals surface area (Å²) in [6, 6.07) is 8.14. The highest BCUT2D eigenvalue weighted by molar-refractivity contribution is 5.84. The van der Waals surface area contributed by atoms with Crippen molar-refractivity contribution in [3.05, 3.63) is 41.0 Å². The molecule has 1 saturated heterocycles. The molecular weight excluding hydrogens is 314 g/mol. The van der Waals surface area contributed by atoms with E-state index in [0.29, 0.717) is 13.0 Å². The smallest absolute Gasteiger partial charge is 0.328 e. The second kappa shape index (κ2) is 8.32. The number of amides is 1. The Morgan fingerprint density at radius 2 is 2.04 bits per heavy atom. The topological polar surface area (TPSA) is 46.6 Å². The molecule has 3 rings (SSSR count). The lowest BCUT2D eigenvalue weighted by atomic mass is 10.0. The van der Waals surface area contributed by atoms with E-state index in [-0.39, 0.29) is 17.9 Å². The van der Waals surface area contributed by atoms with Crippen molar-refractivity contribution in [2.45, 2.75) is 57.4 Å². The fourth-order valence-electron chi connectivity index (χ4n) is 3.90. The van der Waals surface area contributed by atoms with Gasteiger partial charge < -0.3 is 9.64 Å². The number of fused-ring (bicyclic) bond motifs is 1. The van der Waals surface area contributed by atoms with Gasteiger partial charge in [-0.3, -0.25) is 4.79 Å². The van der Waals surface area contributed by atoms with Crippen LogP contribution in [0.25, 0.3) is 6.08 Å². The number of benzene rings is 1. The molecule has 0 spiro atoms. The third-order valence-corrected chi connectivity index (χ3v) is 5.27. The van der Waals surface area contributed by atoms with Crippen molar-refractivity contribution in [2.24, 2.45) is 0 Å². The van der Waals surface area contributed by atoms with Gasteiger partial charge in [0.2, 0.25) is 5.91 Å². The minimum Gasteiger partial charge on any atom is -0.467 e. The Morgan fingerprint density at radius 3 is 2.84 bits per heavy atom. The molecule has 0 N–H and O–H groups in total. The molecule has 1 aromatic rings. The third-order valence-electron chi connectivity index (χ3n) is 5.27. The molecule has 1 amide bonds. The molecule has 4 nitrogen and oxygen atoms in total. The van der Waals surface area contributed by atoms with Gasteiger partial charge in [0.15, 0.2) is 0 Å². The first kappa shape index (κ1) is 17.7. The molecule has 0 saturated carbocycles. The van der Waals surface area contributed by atoms with Gasteiger partial charge in [-0.25, -0.2) is 4.79 Å². The summed E-state index contributed by atoms with van der Waals surface area (Å²) in [5, 5.41) is 0. The molecule has 1 heterocycles. The molecule has 1 aromatic carbocycles. The van der Waals surface area contributed by atoms with Crippen molar-refractivity contribution in [1.29, 1.82) is 0 Å². The van der Waals surface area contributed by atoms with Crippen LogP contribution < -0.4 is 0 Å². The second-order valence-electron chi connectivity index (χ2n) is 7.01. The highest BCUT2D eigenvalue weighted by Gasteiger charge is 2.32. The molecule has 1 fully saturated rings. The van der Waals surface area contributed by atoms with Gasteiger partial charge in [0.25, 0.3) is 0 Å². The van der Waals surface area contributed by atoms with E-state index >= 15 is 0 Å². The number of esters is 1. The van der Waals surface area contributed by atoms with E-state index in [1.54, 1.807) is 4.90 Å². The molecule has 1 unspecified atom stereocenters. The zero-order valence-corrected chi connectivity index (χ0v) is 15.0. The largest absolute Gasteiger partial charge is 0.467 e. The number of likely N-dealkylation sites (tertiary alicyclic amines) is 1. The van der Waals surface area contributed by atoms with Crippen LogP contribution in [0.1, 0.15) is 56.1 Å². The predicted molar refractivity (Wildman–Crippen MR) is 98.0 cm³/mol. The number of carbonyl (C=O) groups excluding carboxylic acids is 2. The Bertz CT molecular complexity index is 665.